The normalized spacial score (nSPS) is 32.1. The number of nitrogens with one attached hydrogen (secondary N) is 2. The summed E-state index contributed by atoms with van der Waals surface area (Å²) in [6.45, 7) is 0. The van der Waals surface area contributed by atoms with Gasteiger partial charge in [-0.1, -0.05) is 121 Å². The predicted octanol–water partition coefficient (Wildman–Crippen LogP) is 10.4. The number of nitrogens with zero attached hydrogens (tertiary/aromatic N) is 3. The van der Waals surface area contributed by atoms with E-state index in [9.17, 15) is 5.26 Å². The van der Waals surface area contributed by atoms with Crippen molar-refractivity contribution in [3.8, 4) is 6.07 Å². The minimum absolute atomic E-state index is 0.0213. The largest absolute Gasteiger partial charge is 0.456 e. The third-order valence-corrected chi connectivity index (χ3v) is 17.0. The first-order valence-corrected chi connectivity index (χ1v) is 25.3. The molecule has 3 aliphatic heterocycles. The fourth-order valence-electron chi connectivity index (χ4n) is 14.1. The van der Waals surface area contributed by atoms with Gasteiger partial charge in [0.15, 0.2) is 0 Å². The lowest BCUT2D eigenvalue weighted by atomic mass is 9.77. The molecular weight excluding hydrogens is 823 g/mol. The number of hydrogen-bond acceptors (Lipinski definition) is 7. The molecule has 0 spiro atoms. The highest BCUT2D eigenvalue weighted by molar-refractivity contribution is 5.83. The molecule has 7 nitrogen and oxygen atoms in total. The fourth-order valence-corrected chi connectivity index (χ4v) is 14.1. The molecule has 0 radical (unpaired) electrons. The van der Waals surface area contributed by atoms with E-state index in [-0.39, 0.29) is 48.2 Å². The SMILES string of the molecule is N#CC1C=C(C2C=CC(c3cccc4c5c(oc34)=CCCC=5)NC(c3ccccc3)N2)C(N2C3=C(c4oc5c(c4CC3)CCC=C5)C3C=CC=CC32)CC1N1C2=C(CCC=C2)C2C=CCCC21. The number of allylic oxidation sites excluding steroid dienone is 7. The van der Waals surface area contributed by atoms with Crippen LogP contribution in [0.5, 0.6) is 0 Å². The van der Waals surface area contributed by atoms with Crippen molar-refractivity contribution in [1.29, 1.82) is 5.26 Å². The Morgan fingerprint density at radius 3 is 2.51 bits per heavy atom. The molecule has 0 saturated carbocycles. The Balaban J connectivity index is 0.936. The average Bonchev–Trinajstić information content (AvgIpc) is 4.10. The summed E-state index contributed by atoms with van der Waals surface area (Å²) in [6, 6.07) is 20.7. The molecule has 0 fully saturated rings. The van der Waals surface area contributed by atoms with Gasteiger partial charge in [-0.3, -0.25) is 10.6 Å². The van der Waals surface area contributed by atoms with Crippen molar-refractivity contribution < 1.29 is 8.83 Å². The van der Waals surface area contributed by atoms with Crippen molar-refractivity contribution in [2.24, 2.45) is 17.8 Å². The molecule has 2 N–H and O–H groups in total. The van der Waals surface area contributed by atoms with E-state index in [1.165, 1.54) is 49.8 Å². The molecule has 2 aromatic heterocycles. The fraction of sp³-hybridized carbons (Fsp3) is 0.350. The molecular formula is C60H57N5O2. The molecule has 10 atom stereocenters. The third-order valence-electron chi connectivity index (χ3n) is 17.0. The molecule has 2 aromatic carbocycles. The van der Waals surface area contributed by atoms with E-state index >= 15 is 0 Å². The lowest BCUT2D eigenvalue weighted by molar-refractivity contribution is 0.109. The molecule has 10 aliphatic rings. The van der Waals surface area contributed by atoms with Gasteiger partial charge in [0.25, 0.3) is 0 Å². The molecule has 10 unspecified atom stereocenters. The van der Waals surface area contributed by atoms with Crippen molar-refractivity contribution >= 4 is 34.8 Å². The molecule has 334 valence electrons. The second-order valence-corrected chi connectivity index (χ2v) is 20.4. The highest BCUT2D eigenvalue weighted by Gasteiger charge is 2.52. The van der Waals surface area contributed by atoms with Crippen molar-refractivity contribution in [3.63, 3.8) is 0 Å². The molecule has 7 heteroatoms. The van der Waals surface area contributed by atoms with E-state index in [1.807, 2.05) is 0 Å². The Hall–Kier alpha value is -6.33. The number of rotatable bonds is 5. The van der Waals surface area contributed by atoms with Gasteiger partial charge in [0.2, 0.25) is 0 Å². The van der Waals surface area contributed by atoms with Gasteiger partial charge in [-0.05, 0) is 106 Å². The molecule has 0 bridgehead atoms. The Morgan fingerprint density at radius 2 is 1.57 bits per heavy atom. The Morgan fingerprint density at radius 1 is 0.701 bits per heavy atom. The molecule has 14 rings (SSSR count). The van der Waals surface area contributed by atoms with E-state index in [4.69, 9.17) is 8.83 Å². The van der Waals surface area contributed by atoms with Crippen LogP contribution in [0.2, 0.25) is 0 Å². The highest BCUT2D eigenvalue weighted by Crippen LogP contribution is 2.55. The molecule has 0 amide bonds. The monoisotopic (exact) mass is 879 g/mol. The van der Waals surface area contributed by atoms with Crippen LogP contribution in [0.1, 0.15) is 104 Å². The van der Waals surface area contributed by atoms with Gasteiger partial charge in [-0.25, -0.2) is 0 Å². The van der Waals surface area contributed by atoms with Crippen LogP contribution in [0, 0.1) is 29.1 Å². The van der Waals surface area contributed by atoms with E-state index in [0.717, 1.165) is 98.7 Å². The number of fused-ring (bicyclic) bond motifs is 11. The third kappa shape index (κ3) is 6.22. The van der Waals surface area contributed by atoms with Gasteiger partial charge in [-0.2, -0.15) is 5.26 Å². The maximum Gasteiger partial charge on any atom is 0.140 e. The lowest BCUT2D eigenvalue weighted by Crippen LogP contribution is -2.55. The summed E-state index contributed by atoms with van der Waals surface area (Å²) in [5.41, 5.74) is 14.2. The Labute approximate surface area is 393 Å². The van der Waals surface area contributed by atoms with Crippen LogP contribution < -0.4 is 21.3 Å². The molecule has 67 heavy (non-hydrogen) atoms. The number of benzene rings is 2. The highest BCUT2D eigenvalue weighted by atomic mass is 16.3. The summed E-state index contributed by atoms with van der Waals surface area (Å²) in [5.74, 6) is 2.50. The maximum absolute atomic E-state index is 11.5. The summed E-state index contributed by atoms with van der Waals surface area (Å²) in [7, 11) is 0. The van der Waals surface area contributed by atoms with Gasteiger partial charge in [0, 0.05) is 62.1 Å². The zero-order chi connectivity index (χ0) is 44.2. The smallest absolute Gasteiger partial charge is 0.140 e. The van der Waals surface area contributed by atoms with E-state index in [1.54, 1.807) is 5.57 Å². The minimum Gasteiger partial charge on any atom is -0.456 e. The van der Waals surface area contributed by atoms with Crippen molar-refractivity contribution in [2.75, 3.05) is 0 Å². The minimum atomic E-state index is -0.289. The molecule has 7 aliphatic carbocycles. The van der Waals surface area contributed by atoms with Crippen LogP contribution >= 0.6 is 0 Å². The zero-order valence-electron chi connectivity index (χ0n) is 38.0. The summed E-state index contributed by atoms with van der Waals surface area (Å²) in [5, 5.41) is 22.2. The van der Waals surface area contributed by atoms with Crippen LogP contribution in [-0.2, 0) is 12.8 Å². The van der Waals surface area contributed by atoms with Gasteiger partial charge in [0.1, 0.15) is 22.5 Å². The zero-order valence-corrected chi connectivity index (χ0v) is 38.0. The quantitative estimate of drug-likeness (QED) is 0.193. The van der Waals surface area contributed by atoms with Crippen LogP contribution in [0.4, 0.5) is 0 Å². The number of para-hydroxylation sites is 1. The standard InChI is InChI=1S/C60H57N5O2/c61-35-37-33-46(48-31-30-47(62-60(63-48)36-15-2-1-3-16-36)44-23-14-22-42-40-19-7-12-27-55(40)66-58(42)44)54(34-53(37)64-49-24-9-4-17-38(49)39-18-5-10-25-50(39)64)65-51-26-11-6-21-45(51)57-52(65)32-29-43-41-20-8-13-28-56(41)67-59(43)57/h1-4,6,10-11,13-17,19,21-23,25-28,30-31,33,37-38,45,47-49,51,53-54,60,62-63H,5,7-9,12,18,20,24,29,32,34H2. The number of nitriles is 1. The lowest BCUT2D eigenvalue weighted by Gasteiger charge is -2.49. The molecule has 4 aromatic rings. The maximum atomic E-state index is 11.5. The first kappa shape index (κ1) is 39.8. The predicted molar refractivity (Wildman–Crippen MR) is 266 cm³/mol. The van der Waals surface area contributed by atoms with Gasteiger partial charge >= 0.3 is 0 Å². The van der Waals surface area contributed by atoms with Crippen LogP contribution in [0.25, 0.3) is 34.8 Å². The molecule has 0 saturated heterocycles. The second kappa shape index (κ2) is 15.9. The van der Waals surface area contributed by atoms with Crippen molar-refractivity contribution in [1.82, 2.24) is 20.4 Å². The van der Waals surface area contributed by atoms with Crippen molar-refractivity contribution in [2.45, 2.75) is 113 Å². The first-order chi connectivity index (χ1) is 33.2. The van der Waals surface area contributed by atoms with E-state index < -0.39 is 0 Å². The van der Waals surface area contributed by atoms with Gasteiger partial charge in [-0.15, -0.1) is 0 Å². The summed E-state index contributed by atoms with van der Waals surface area (Å²) in [6.07, 6.45) is 46.6. The van der Waals surface area contributed by atoms with Crippen LogP contribution in [0.15, 0.2) is 153 Å². The summed E-state index contributed by atoms with van der Waals surface area (Å²) < 4.78 is 13.7. The van der Waals surface area contributed by atoms with Crippen LogP contribution in [-0.4, -0.2) is 40.0 Å². The summed E-state index contributed by atoms with van der Waals surface area (Å²) >= 11 is 0. The Bertz CT molecular complexity index is 3180. The molecule has 5 heterocycles. The van der Waals surface area contributed by atoms with E-state index in [0.29, 0.717) is 12.0 Å². The van der Waals surface area contributed by atoms with E-state index in [2.05, 4.69) is 166 Å². The van der Waals surface area contributed by atoms with Gasteiger partial charge in [0.05, 0.1) is 48.4 Å². The second-order valence-electron chi connectivity index (χ2n) is 20.4. The Kier molecular flexibility index (Phi) is 9.44. The topological polar surface area (TPSA) is 80.6 Å². The number of furan rings is 2. The van der Waals surface area contributed by atoms with Crippen LogP contribution in [0.3, 0.4) is 0 Å². The van der Waals surface area contributed by atoms with Gasteiger partial charge < -0.3 is 18.6 Å². The number of hydrogen-bond donors (Lipinski definition) is 2. The summed E-state index contributed by atoms with van der Waals surface area (Å²) in [4.78, 5) is 5.59. The first-order valence-electron chi connectivity index (χ1n) is 25.3. The average molecular weight is 880 g/mol. The van der Waals surface area contributed by atoms with Crippen molar-refractivity contribution in [3.05, 3.63) is 188 Å².